The van der Waals surface area contributed by atoms with Gasteiger partial charge in [-0.05, 0) is 80.3 Å². The molecule has 168 valence electrons. The van der Waals surface area contributed by atoms with Gasteiger partial charge in [0.05, 0.1) is 11.6 Å². The van der Waals surface area contributed by atoms with Crippen LogP contribution in [0.2, 0.25) is 0 Å². The van der Waals surface area contributed by atoms with Gasteiger partial charge in [-0.3, -0.25) is 4.79 Å². The number of anilines is 1. The predicted octanol–water partition coefficient (Wildman–Crippen LogP) is 4.72. The molecule has 0 aliphatic carbocycles. The molecule has 3 atom stereocenters. The Bertz CT molecular complexity index is 968. The third-order valence-electron chi connectivity index (χ3n) is 7.44. The van der Waals surface area contributed by atoms with Gasteiger partial charge in [0, 0.05) is 24.8 Å². The minimum Gasteiger partial charge on any atom is -0.351 e. The molecule has 5 nitrogen and oxygen atoms in total. The Morgan fingerprint density at radius 3 is 2.50 bits per heavy atom. The number of amides is 1. The molecule has 2 saturated heterocycles. The molecule has 2 aromatic rings. The summed E-state index contributed by atoms with van der Waals surface area (Å²) in [5.74, 6) is 1.76. The van der Waals surface area contributed by atoms with E-state index >= 15 is 0 Å². The first-order valence-corrected chi connectivity index (χ1v) is 12.1. The summed E-state index contributed by atoms with van der Waals surface area (Å²) >= 11 is 0. The van der Waals surface area contributed by atoms with E-state index in [1.807, 2.05) is 19.1 Å². The molecule has 3 unspecified atom stereocenters. The molecule has 5 heteroatoms. The number of nitrogens with one attached hydrogen (secondary N) is 2. The topological polar surface area (TPSA) is 57.3 Å². The van der Waals surface area contributed by atoms with E-state index in [1.165, 1.54) is 36.8 Å². The summed E-state index contributed by atoms with van der Waals surface area (Å²) in [6.45, 7) is 6.37. The second kappa shape index (κ2) is 9.07. The number of carbonyl (C=O) groups is 1. The number of piperidine rings is 1. The Morgan fingerprint density at radius 1 is 1.12 bits per heavy atom. The lowest BCUT2D eigenvalue weighted by atomic mass is 9.92. The summed E-state index contributed by atoms with van der Waals surface area (Å²) in [7, 11) is 0. The molecule has 5 rings (SSSR count). The van der Waals surface area contributed by atoms with Crippen molar-refractivity contribution in [3.8, 4) is 0 Å². The lowest BCUT2D eigenvalue weighted by Gasteiger charge is -2.38. The zero-order chi connectivity index (χ0) is 22.1. The third-order valence-corrected chi connectivity index (χ3v) is 7.44. The van der Waals surface area contributed by atoms with Crippen LogP contribution in [0.4, 0.5) is 5.82 Å². The Balaban J connectivity index is 1.22. The number of rotatable bonds is 5. The van der Waals surface area contributed by atoms with Crippen molar-refractivity contribution in [2.45, 2.75) is 64.1 Å². The van der Waals surface area contributed by atoms with E-state index in [4.69, 9.17) is 0 Å². The standard InChI is InChI=1S/C27H34N4O/c1-18-15-24-8-9-25(16-18)31(24)26-10-7-23(17-29-26)27(32)30-19(2)20-3-5-21(6-4-20)22-11-13-28-14-12-22/h3-7,10-11,17-19,24-25,28H,8-9,12-16H2,1-2H3,(H,30,32). The Hall–Kier alpha value is -2.66. The summed E-state index contributed by atoms with van der Waals surface area (Å²) in [5, 5.41) is 6.48. The zero-order valence-corrected chi connectivity index (χ0v) is 19.2. The fraction of sp³-hybridized carbons (Fsp3) is 0.481. The van der Waals surface area contributed by atoms with Gasteiger partial charge in [0.1, 0.15) is 5.82 Å². The number of benzene rings is 1. The maximum absolute atomic E-state index is 12.8. The summed E-state index contributed by atoms with van der Waals surface area (Å²) < 4.78 is 0. The van der Waals surface area contributed by atoms with Crippen LogP contribution in [0.1, 0.15) is 73.5 Å². The van der Waals surface area contributed by atoms with Crippen molar-refractivity contribution in [3.63, 3.8) is 0 Å². The number of hydrogen-bond acceptors (Lipinski definition) is 4. The molecule has 2 bridgehead atoms. The second-order valence-corrected chi connectivity index (χ2v) is 9.77. The summed E-state index contributed by atoms with van der Waals surface area (Å²) in [6, 6.07) is 13.7. The van der Waals surface area contributed by atoms with Crippen molar-refractivity contribution in [1.29, 1.82) is 0 Å². The van der Waals surface area contributed by atoms with E-state index in [0.29, 0.717) is 17.6 Å². The van der Waals surface area contributed by atoms with Crippen molar-refractivity contribution in [1.82, 2.24) is 15.6 Å². The van der Waals surface area contributed by atoms with E-state index in [9.17, 15) is 4.79 Å². The second-order valence-electron chi connectivity index (χ2n) is 9.77. The summed E-state index contributed by atoms with van der Waals surface area (Å²) in [5.41, 5.74) is 4.40. The van der Waals surface area contributed by atoms with Gasteiger partial charge in [0.2, 0.25) is 0 Å². The quantitative estimate of drug-likeness (QED) is 0.721. The van der Waals surface area contributed by atoms with Crippen LogP contribution >= 0.6 is 0 Å². The van der Waals surface area contributed by atoms with Gasteiger partial charge in [-0.1, -0.05) is 37.3 Å². The number of hydrogen-bond donors (Lipinski definition) is 2. The minimum atomic E-state index is -0.0723. The highest BCUT2D eigenvalue weighted by atomic mass is 16.1. The molecular formula is C27H34N4O. The first kappa shape index (κ1) is 21.2. The Kier molecular flexibility index (Phi) is 6.01. The number of nitrogens with zero attached hydrogens (tertiary/aromatic N) is 2. The highest BCUT2D eigenvalue weighted by molar-refractivity contribution is 5.94. The first-order valence-electron chi connectivity index (χ1n) is 12.1. The average molecular weight is 431 g/mol. The highest BCUT2D eigenvalue weighted by Crippen LogP contribution is 2.40. The van der Waals surface area contributed by atoms with Crippen LogP contribution in [0.15, 0.2) is 48.7 Å². The van der Waals surface area contributed by atoms with Gasteiger partial charge in [-0.2, -0.15) is 0 Å². The number of carbonyl (C=O) groups excluding carboxylic acids is 1. The lowest BCUT2D eigenvalue weighted by molar-refractivity contribution is 0.0939. The predicted molar refractivity (Wildman–Crippen MR) is 130 cm³/mol. The molecule has 3 aliphatic heterocycles. The van der Waals surface area contributed by atoms with Gasteiger partial charge in [0.25, 0.3) is 5.91 Å². The monoisotopic (exact) mass is 430 g/mol. The molecule has 4 heterocycles. The lowest BCUT2D eigenvalue weighted by Crippen LogP contribution is -2.42. The van der Waals surface area contributed by atoms with Crippen LogP contribution in [0.25, 0.3) is 5.57 Å². The molecule has 1 amide bonds. The molecule has 1 aromatic carbocycles. The first-order chi connectivity index (χ1) is 15.6. The maximum Gasteiger partial charge on any atom is 0.253 e. The summed E-state index contributed by atoms with van der Waals surface area (Å²) in [6.07, 6.45) is 10.1. The zero-order valence-electron chi connectivity index (χ0n) is 19.2. The molecule has 2 fully saturated rings. The molecule has 3 aliphatic rings. The number of pyridine rings is 1. The van der Waals surface area contributed by atoms with Crippen molar-refractivity contribution in [2.24, 2.45) is 5.92 Å². The Morgan fingerprint density at radius 2 is 1.88 bits per heavy atom. The van der Waals surface area contributed by atoms with Crippen LogP contribution in [-0.4, -0.2) is 36.1 Å². The molecule has 0 spiro atoms. The molecule has 1 aromatic heterocycles. The van der Waals surface area contributed by atoms with Gasteiger partial charge >= 0.3 is 0 Å². The van der Waals surface area contributed by atoms with Gasteiger partial charge < -0.3 is 15.5 Å². The van der Waals surface area contributed by atoms with Crippen LogP contribution in [0, 0.1) is 5.92 Å². The summed E-state index contributed by atoms with van der Waals surface area (Å²) in [4.78, 5) is 20.0. The van der Waals surface area contributed by atoms with Gasteiger partial charge in [-0.25, -0.2) is 4.98 Å². The van der Waals surface area contributed by atoms with Gasteiger partial charge in [-0.15, -0.1) is 0 Å². The van der Waals surface area contributed by atoms with E-state index in [1.54, 1.807) is 6.20 Å². The van der Waals surface area contributed by atoms with Crippen molar-refractivity contribution in [2.75, 3.05) is 18.0 Å². The fourth-order valence-electron chi connectivity index (χ4n) is 5.73. The normalized spacial score (nSPS) is 25.9. The van der Waals surface area contributed by atoms with Gasteiger partial charge in [0.15, 0.2) is 0 Å². The van der Waals surface area contributed by atoms with Crippen molar-refractivity contribution < 1.29 is 4.79 Å². The van der Waals surface area contributed by atoms with E-state index in [2.05, 4.69) is 57.8 Å². The average Bonchev–Trinajstić information content (AvgIpc) is 3.10. The maximum atomic E-state index is 12.8. The van der Waals surface area contributed by atoms with Crippen LogP contribution in [-0.2, 0) is 0 Å². The molecule has 2 N–H and O–H groups in total. The van der Waals surface area contributed by atoms with Crippen LogP contribution < -0.4 is 15.5 Å². The van der Waals surface area contributed by atoms with E-state index in [-0.39, 0.29) is 11.9 Å². The minimum absolute atomic E-state index is 0.0577. The molecule has 32 heavy (non-hydrogen) atoms. The molecule has 0 saturated carbocycles. The highest BCUT2D eigenvalue weighted by Gasteiger charge is 2.39. The fourth-order valence-corrected chi connectivity index (χ4v) is 5.73. The van der Waals surface area contributed by atoms with Crippen LogP contribution in [0.5, 0.6) is 0 Å². The van der Waals surface area contributed by atoms with Crippen molar-refractivity contribution >= 4 is 17.3 Å². The largest absolute Gasteiger partial charge is 0.351 e. The number of fused-ring (bicyclic) bond motifs is 2. The molecular weight excluding hydrogens is 396 g/mol. The smallest absolute Gasteiger partial charge is 0.253 e. The van der Waals surface area contributed by atoms with Crippen LogP contribution in [0.3, 0.4) is 0 Å². The van der Waals surface area contributed by atoms with Crippen molar-refractivity contribution in [3.05, 3.63) is 65.4 Å². The van der Waals surface area contributed by atoms with E-state index < -0.39 is 0 Å². The SMILES string of the molecule is CC1CC2CCC(C1)N2c1ccc(C(=O)NC(C)c2ccc(C3=CCNCC3)cc2)cn1. The Labute approximate surface area is 191 Å². The number of aromatic nitrogens is 1. The third kappa shape index (κ3) is 4.31. The van der Waals surface area contributed by atoms with E-state index in [0.717, 1.165) is 36.8 Å². The molecule has 0 radical (unpaired) electrons.